The van der Waals surface area contributed by atoms with Crippen LogP contribution < -0.4 is 5.32 Å². The first-order valence-electron chi connectivity index (χ1n) is 16.1. The van der Waals surface area contributed by atoms with Crippen LogP contribution in [0.25, 0.3) is 21.8 Å². The fraction of sp³-hybridized carbons (Fsp3) is 0.231. The summed E-state index contributed by atoms with van der Waals surface area (Å²) in [5.41, 5.74) is 7.50. The number of rotatable bonds is 8. The second-order valence-electron chi connectivity index (χ2n) is 12.4. The number of aryl methyl sites for hydroxylation is 1. The summed E-state index contributed by atoms with van der Waals surface area (Å²) in [5, 5.41) is 16.3. The molecular formula is C39H39N5O2. The maximum atomic E-state index is 13.5. The van der Waals surface area contributed by atoms with Gasteiger partial charge in [-0.2, -0.15) is 0 Å². The average molecular weight is 610 g/mol. The van der Waals surface area contributed by atoms with Gasteiger partial charge < -0.3 is 20.0 Å². The Bertz CT molecular complexity index is 2050. The van der Waals surface area contributed by atoms with Crippen molar-refractivity contribution >= 4 is 39.1 Å². The smallest absolute Gasteiger partial charge is 0.251 e. The van der Waals surface area contributed by atoms with Gasteiger partial charge in [0.05, 0.1) is 23.0 Å². The van der Waals surface area contributed by atoms with Crippen molar-refractivity contribution in [1.29, 1.82) is 0 Å². The lowest BCUT2D eigenvalue weighted by molar-refractivity contribution is 0.0940. The Morgan fingerprint density at radius 2 is 1.72 bits per heavy atom. The van der Waals surface area contributed by atoms with Gasteiger partial charge in [-0.25, -0.2) is 4.99 Å². The van der Waals surface area contributed by atoms with E-state index in [-0.39, 0.29) is 17.8 Å². The van der Waals surface area contributed by atoms with Gasteiger partial charge in [-0.15, -0.1) is 0 Å². The molecule has 46 heavy (non-hydrogen) atoms. The van der Waals surface area contributed by atoms with E-state index in [0.717, 1.165) is 58.3 Å². The second-order valence-corrected chi connectivity index (χ2v) is 12.4. The van der Waals surface area contributed by atoms with Gasteiger partial charge >= 0.3 is 0 Å². The van der Waals surface area contributed by atoms with Crippen LogP contribution in [0.4, 0.5) is 5.69 Å². The summed E-state index contributed by atoms with van der Waals surface area (Å²) in [6, 6.07) is 31.9. The minimum atomic E-state index is -0.181. The highest BCUT2D eigenvalue weighted by atomic mass is 16.3. The predicted octanol–water partition coefficient (Wildman–Crippen LogP) is 8.01. The highest BCUT2D eigenvalue weighted by molar-refractivity contribution is 6.23. The number of carbonyl (C=O) groups is 1. The summed E-state index contributed by atoms with van der Waals surface area (Å²) in [5.74, 6) is -0.166. The molecule has 4 aromatic carbocycles. The summed E-state index contributed by atoms with van der Waals surface area (Å²) in [6.45, 7) is 5.12. The fourth-order valence-electron chi connectivity index (χ4n) is 6.59. The average Bonchev–Trinajstić information content (AvgIpc) is 3.62. The molecule has 3 N–H and O–H groups in total. The first kappa shape index (κ1) is 29.6. The van der Waals surface area contributed by atoms with E-state index in [4.69, 9.17) is 4.99 Å². The van der Waals surface area contributed by atoms with Crippen molar-refractivity contribution < 1.29 is 9.90 Å². The molecule has 1 atom stereocenters. The molecule has 1 fully saturated rings. The number of aromatic hydroxyl groups is 1. The molecule has 0 aliphatic carbocycles. The molecule has 0 bridgehead atoms. The van der Waals surface area contributed by atoms with Crippen LogP contribution in [0.1, 0.15) is 64.8 Å². The Balaban J connectivity index is 1.31. The number of amides is 1. The summed E-state index contributed by atoms with van der Waals surface area (Å²) in [6.07, 6.45) is 5.84. The molecule has 0 spiro atoms. The minimum absolute atomic E-state index is 0.0154. The Morgan fingerprint density at radius 3 is 2.54 bits per heavy atom. The molecule has 1 aliphatic rings. The van der Waals surface area contributed by atoms with Crippen molar-refractivity contribution in [3.05, 3.63) is 131 Å². The number of aliphatic imine (C=N–C) groups is 1. The third-order valence-electron chi connectivity index (χ3n) is 9.09. The molecular weight excluding hydrogens is 570 g/mol. The Labute approximate surface area is 269 Å². The van der Waals surface area contributed by atoms with Crippen LogP contribution in [0.3, 0.4) is 0 Å². The van der Waals surface area contributed by atoms with Crippen molar-refractivity contribution in [2.45, 2.75) is 38.8 Å². The molecule has 232 valence electrons. The molecule has 1 saturated heterocycles. The van der Waals surface area contributed by atoms with E-state index in [2.05, 4.69) is 62.2 Å². The lowest BCUT2D eigenvalue weighted by Gasteiger charge is -2.26. The van der Waals surface area contributed by atoms with Gasteiger partial charge in [-0.1, -0.05) is 55.0 Å². The zero-order chi connectivity index (χ0) is 31.6. The molecule has 3 heterocycles. The third kappa shape index (κ3) is 6.06. The lowest BCUT2D eigenvalue weighted by atomic mass is 9.98. The fourth-order valence-corrected chi connectivity index (χ4v) is 6.59. The van der Waals surface area contributed by atoms with Gasteiger partial charge in [-0.05, 0) is 92.5 Å². The first-order valence-corrected chi connectivity index (χ1v) is 16.1. The third-order valence-corrected chi connectivity index (χ3v) is 9.09. The lowest BCUT2D eigenvalue weighted by Crippen LogP contribution is -2.28. The number of piperidine rings is 1. The Hall–Kier alpha value is -5.14. The topological polar surface area (TPSA) is 85.7 Å². The summed E-state index contributed by atoms with van der Waals surface area (Å²) in [7, 11) is 2.03. The van der Waals surface area contributed by atoms with Gasteiger partial charge in [-0.3, -0.25) is 9.69 Å². The first-order chi connectivity index (χ1) is 22.4. The Morgan fingerprint density at radius 1 is 0.913 bits per heavy atom. The molecule has 1 aliphatic heterocycles. The van der Waals surface area contributed by atoms with Gasteiger partial charge in [0.1, 0.15) is 0 Å². The van der Waals surface area contributed by atoms with E-state index < -0.39 is 0 Å². The number of likely N-dealkylation sites (tertiary alicyclic amines) is 1. The van der Waals surface area contributed by atoms with Gasteiger partial charge in [0.25, 0.3) is 5.91 Å². The maximum absolute atomic E-state index is 13.5. The van der Waals surface area contributed by atoms with Crippen LogP contribution in [0.15, 0.2) is 108 Å². The van der Waals surface area contributed by atoms with E-state index in [1.165, 1.54) is 24.8 Å². The summed E-state index contributed by atoms with van der Waals surface area (Å²) < 4.78 is 2.09. The largest absolute Gasteiger partial charge is 0.494 e. The van der Waals surface area contributed by atoms with E-state index in [1.807, 2.05) is 68.7 Å². The minimum Gasteiger partial charge on any atom is -0.494 e. The van der Waals surface area contributed by atoms with Gasteiger partial charge in [0, 0.05) is 52.7 Å². The number of aromatic amines is 1. The van der Waals surface area contributed by atoms with Crippen LogP contribution >= 0.6 is 0 Å². The molecule has 7 nitrogen and oxygen atoms in total. The van der Waals surface area contributed by atoms with Crippen molar-refractivity contribution in [1.82, 2.24) is 19.8 Å². The van der Waals surface area contributed by atoms with Crippen LogP contribution in [-0.2, 0) is 13.6 Å². The number of aromatic nitrogens is 2. The predicted molar refractivity (Wildman–Crippen MR) is 186 cm³/mol. The molecule has 0 saturated carbocycles. The zero-order valence-corrected chi connectivity index (χ0v) is 26.3. The van der Waals surface area contributed by atoms with Gasteiger partial charge in [0.15, 0.2) is 5.88 Å². The molecule has 1 amide bonds. The number of benzene rings is 4. The summed E-state index contributed by atoms with van der Waals surface area (Å²) >= 11 is 0. The number of hydrogen-bond donors (Lipinski definition) is 3. The van der Waals surface area contributed by atoms with Crippen LogP contribution in [0.2, 0.25) is 0 Å². The van der Waals surface area contributed by atoms with E-state index >= 15 is 0 Å². The maximum Gasteiger partial charge on any atom is 0.251 e. The van der Waals surface area contributed by atoms with E-state index in [1.54, 1.807) is 6.07 Å². The number of nitrogens with one attached hydrogen (secondary N) is 2. The molecule has 7 heteroatoms. The molecule has 2 aromatic heterocycles. The van der Waals surface area contributed by atoms with Gasteiger partial charge in [0.2, 0.25) is 0 Å². The number of H-pyrrole nitrogens is 1. The van der Waals surface area contributed by atoms with Crippen molar-refractivity contribution in [2.75, 3.05) is 13.1 Å². The quantitative estimate of drug-likeness (QED) is 0.153. The molecule has 6 aromatic rings. The summed E-state index contributed by atoms with van der Waals surface area (Å²) in [4.78, 5) is 24.3. The van der Waals surface area contributed by atoms with Crippen molar-refractivity contribution in [2.24, 2.45) is 12.0 Å². The molecule has 0 radical (unpaired) electrons. The number of carbonyl (C=O) groups excluding carboxylic acids is 1. The van der Waals surface area contributed by atoms with E-state index in [0.29, 0.717) is 16.8 Å². The standard InChI is InChI=1S/C39H39N5O2/c1-26(28-11-5-3-6-12-28)40-38(45)31-14-16-34-33(24-31)36(39(46)42-34)37(30-15-17-35-29(23-30)18-21-43(35)2)41-32-13-9-10-27(22-32)25-44-19-7-4-8-20-44/h3,5-6,9-18,21-24,26,42,46H,4,7-8,19-20,25H2,1-2H3,(H,40,45)/t26-/m1/s1. The normalized spacial score (nSPS) is 15.0. The van der Waals surface area contributed by atoms with Crippen molar-refractivity contribution in [3.63, 3.8) is 0 Å². The second kappa shape index (κ2) is 12.7. The number of nitrogens with zero attached hydrogens (tertiary/aromatic N) is 3. The molecule has 7 rings (SSSR count). The van der Waals surface area contributed by atoms with E-state index in [9.17, 15) is 9.90 Å². The van der Waals surface area contributed by atoms with Crippen LogP contribution in [0, 0.1) is 0 Å². The highest BCUT2D eigenvalue weighted by Crippen LogP contribution is 2.33. The zero-order valence-electron chi connectivity index (χ0n) is 26.3. The van der Waals surface area contributed by atoms with Crippen LogP contribution in [0.5, 0.6) is 5.88 Å². The number of fused-ring (bicyclic) bond motifs is 2. The highest BCUT2D eigenvalue weighted by Gasteiger charge is 2.22. The molecule has 0 unspecified atom stereocenters. The number of hydrogen-bond acceptors (Lipinski definition) is 4. The monoisotopic (exact) mass is 609 g/mol. The van der Waals surface area contributed by atoms with Crippen LogP contribution in [-0.4, -0.2) is 44.3 Å². The van der Waals surface area contributed by atoms with Crippen molar-refractivity contribution in [3.8, 4) is 5.88 Å². The Kier molecular flexibility index (Phi) is 8.16. The SMILES string of the molecule is C[C@@H](NC(=O)c1ccc2[nH]c(O)c(C(=Nc3cccc(CN4CCCCC4)c3)c3ccc4c(ccn4C)c3)c2c1)c1ccccc1.